The molecule has 3 fully saturated rings. The summed E-state index contributed by atoms with van der Waals surface area (Å²) < 4.78 is 30.3. The average Bonchev–Trinajstić information content (AvgIpc) is 2.94. The smallest absolute Gasteiger partial charge is 0.338 e. The van der Waals surface area contributed by atoms with Crippen molar-refractivity contribution in [3.05, 3.63) is 47.0 Å². The Hall–Kier alpha value is -2.26. The lowest BCUT2D eigenvalue weighted by molar-refractivity contribution is -0.343. The van der Waals surface area contributed by atoms with Crippen molar-refractivity contribution in [2.24, 2.45) is 16.7 Å². The molecule has 13 heteroatoms. The number of carbonyl (C=O) groups excluding carboxylic acids is 4. The Morgan fingerprint density at radius 1 is 1.07 bits per heavy atom. The summed E-state index contributed by atoms with van der Waals surface area (Å²) in [5.74, 6) is -4.00. The second kappa shape index (κ2) is 11.5. The lowest BCUT2D eigenvalue weighted by atomic mass is 9.44. The van der Waals surface area contributed by atoms with Crippen LogP contribution < -0.4 is 0 Å². The molecule has 1 aromatic carbocycles. The Kier molecular flexibility index (Phi) is 8.67. The fourth-order valence-corrected chi connectivity index (χ4v) is 9.14. The van der Waals surface area contributed by atoms with Crippen LogP contribution >= 0.6 is 17.4 Å². The third-order valence-electron chi connectivity index (χ3n) is 10.4. The van der Waals surface area contributed by atoms with E-state index in [9.17, 15) is 24.6 Å². The highest BCUT2D eigenvalue weighted by atomic mass is 32.0. The van der Waals surface area contributed by atoms with Crippen LogP contribution in [0.15, 0.2) is 41.5 Å². The standard InChI is InChI=1S/C31H40O11P2/c1-15-19(34)13-31(37)26(40-27(36)18-10-8-7-9-11-18)24-29(6,25(35)23(39-16(2)32)22(15)28(31,4)5)20(42-44-43)12-21-30(24,14-38-21)41-17(3)33/h7-11,19-21,23-24,26,34,37,44H,12-14,43H2,1-6H3/t19?,20-,21+,23+,24-,26-,29+,30-,31+/m0/s1. The summed E-state index contributed by atoms with van der Waals surface area (Å²) in [6, 6.07) is 8.20. The number of hydrogen-bond donors (Lipinski definition) is 2. The molecule has 5 rings (SSSR count). The van der Waals surface area contributed by atoms with E-state index in [4.69, 9.17) is 23.5 Å². The Balaban J connectivity index is 1.86. The van der Waals surface area contributed by atoms with E-state index >= 15 is 4.79 Å². The molecular weight excluding hydrogens is 610 g/mol. The molecule has 3 aliphatic carbocycles. The fourth-order valence-electron chi connectivity index (χ4n) is 8.14. The van der Waals surface area contributed by atoms with Crippen LogP contribution in [0, 0.1) is 16.7 Å². The highest BCUT2D eigenvalue weighted by Gasteiger charge is 2.78. The first kappa shape index (κ1) is 33.1. The van der Waals surface area contributed by atoms with Gasteiger partial charge in [-0.15, -0.1) is 0 Å². The number of hydrogen-bond acceptors (Lipinski definition) is 11. The molecule has 2 N–H and O–H groups in total. The second-order valence-electron chi connectivity index (χ2n) is 13.0. The van der Waals surface area contributed by atoms with Gasteiger partial charge in [-0.25, -0.2) is 4.79 Å². The number of fused-ring (bicyclic) bond motifs is 5. The van der Waals surface area contributed by atoms with Gasteiger partial charge >= 0.3 is 17.9 Å². The Labute approximate surface area is 260 Å². The van der Waals surface area contributed by atoms with E-state index in [1.54, 1.807) is 58.0 Å². The van der Waals surface area contributed by atoms with Crippen LogP contribution in [0.25, 0.3) is 0 Å². The lowest BCUT2D eigenvalue weighted by Crippen LogP contribution is -2.82. The van der Waals surface area contributed by atoms with Crippen molar-refractivity contribution < 1.29 is 52.9 Å². The molecule has 1 heterocycles. The van der Waals surface area contributed by atoms with Crippen molar-refractivity contribution >= 4 is 41.1 Å². The van der Waals surface area contributed by atoms with E-state index in [1.165, 1.54) is 13.8 Å². The molecule has 1 saturated heterocycles. The van der Waals surface area contributed by atoms with Gasteiger partial charge in [0.05, 0.1) is 35.7 Å². The van der Waals surface area contributed by atoms with Crippen molar-refractivity contribution in [2.45, 2.75) is 96.1 Å². The molecule has 2 saturated carbocycles. The molecule has 0 spiro atoms. The van der Waals surface area contributed by atoms with Crippen molar-refractivity contribution in [3.8, 4) is 0 Å². The molecule has 2 bridgehead atoms. The van der Waals surface area contributed by atoms with Gasteiger partial charge in [-0.1, -0.05) is 41.0 Å². The molecule has 0 amide bonds. The first-order valence-corrected chi connectivity index (χ1v) is 17.3. The van der Waals surface area contributed by atoms with Crippen molar-refractivity contribution in [1.29, 1.82) is 0 Å². The van der Waals surface area contributed by atoms with Gasteiger partial charge in [0.15, 0.2) is 17.5 Å². The van der Waals surface area contributed by atoms with Gasteiger partial charge in [-0.2, -0.15) is 0 Å². The number of rotatable bonds is 6. The van der Waals surface area contributed by atoms with Crippen LogP contribution in [0.3, 0.4) is 0 Å². The largest absolute Gasteiger partial charge is 0.455 e. The molecule has 1 aromatic rings. The van der Waals surface area contributed by atoms with Crippen LogP contribution in [0.1, 0.15) is 64.7 Å². The minimum Gasteiger partial charge on any atom is -0.455 e. The molecule has 11 nitrogen and oxygen atoms in total. The summed E-state index contributed by atoms with van der Waals surface area (Å²) in [4.78, 5) is 54.3. The fraction of sp³-hybridized carbons (Fsp3) is 0.613. The van der Waals surface area contributed by atoms with E-state index in [-0.39, 0.29) is 39.1 Å². The molecule has 0 radical (unpaired) electrons. The number of Topliss-reactive ketones (excluding diaryl/α,β-unsaturated/α-hetero) is 1. The number of ketones is 1. The van der Waals surface area contributed by atoms with Gasteiger partial charge in [-0.05, 0) is 37.1 Å². The minimum atomic E-state index is -2.06. The van der Waals surface area contributed by atoms with Crippen molar-refractivity contribution in [3.63, 3.8) is 0 Å². The number of carbonyl (C=O) groups is 4. The Morgan fingerprint density at radius 2 is 1.73 bits per heavy atom. The summed E-state index contributed by atoms with van der Waals surface area (Å²) in [7, 11) is 2.33. The molecular formula is C31H40O11P2. The number of aliphatic hydroxyl groups excluding tert-OH is 1. The van der Waals surface area contributed by atoms with Crippen molar-refractivity contribution in [1.82, 2.24) is 0 Å². The molecule has 4 aliphatic rings. The maximum absolute atomic E-state index is 15.1. The maximum Gasteiger partial charge on any atom is 0.338 e. The molecule has 3 unspecified atom stereocenters. The summed E-state index contributed by atoms with van der Waals surface area (Å²) in [5.41, 5.74) is -5.84. The maximum atomic E-state index is 15.1. The zero-order valence-electron chi connectivity index (χ0n) is 25.6. The number of esters is 3. The van der Waals surface area contributed by atoms with E-state index in [1.807, 2.05) is 0 Å². The molecule has 1 aliphatic heterocycles. The van der Waals surface area contributed by atoms with Crippen LogP contribution in [-0.2, 0) is 37.9 Å². The Bertz CT molecular complexity index is 1400. The first-order valence-electron chi connectivity index (χ1n) is 14.6. The normalized spacial score (nSPS) is 39.3. The van der Waals surface area contributed by atoms with Crippen LogP contribution in [0.5, 0.6) is 0 Å². The summed E-state index contributed by atoms with van der Waals surface area (Å²) in [5, 5.41) is 24.4. The predicted octanol–water partition coefficient (Wildman–Crippen LogP) is 3.06. The molecule has 0 aromatic heterocycles. The highest BCUT2D eigenvalue weighted by molar-refractivity contribution is 8.00. The third-order valence-corrected chi connectivity index (χ3v) is 11.2. The zero-order valence-corrected chi connectivity index (χ0v) is 27.8. The number of aliphatic hydroxyl groups is 2. The summed E-state index contributed by atoms with van der Waals surface area (Å²) >= 11 is 0. The van der Waals surface area contributed by atoms with Gasteiger partial charge < -0.3 is 33.7 Å². The third kappa shape index (κ3) is 4.78. The number of benzene rings is 1. The molecule has 11 atom stereocenters. The van der Waals surface area contributed by atoms with Gasteiger partial charge in [-0.3, -0.25) is 14.4 Å². The van der Waals surface area contributed by atoms with Crippen molar-refractivity contribution in [2.75, 3.05) is 6.61 Å². The average molecular weight is 651 g/mol. The summed E-state index contributed by atoms with van der Waals surface area (Å²) in [6.45, 7) is 8.87. The lowest BCUT2D eigenvalue weighted by Gasteiger charge is -2.67. The SMILES string of the molecule is CC(=O)O[C@H]1C(=O)[C@]2(C)[C@@H](OPP)C[C@H]3OC[C@@]3(OC(C)=O)[C@H]2[C@H](OC(=O)c2ccccc2)[C@]2(O)CC(O)C(C)=C1C2(C)C. The van der Waals surface area contributed by atoms with E-state index in [2.05, 4.69) is 8.93 Å². The Morgan fingerprint density at radius 3 is 2.27 bits per heavy atom. The van der Waals surface area contributed by atoms with Crippen LogP contribution in [0.2, 0.25) is 0 Å². The minimum absolute atomic E-state index is 0.140. The van der Waals surface area contributed by atoms with Gasteiger partial charge in [0, 0.05) is 40.6 Å². The van der Waals surface area contributed by atoms with Crippen LogP contribution in [0.4, 0.5) is 0 Å². The highest BCUT2D eigenvalue weighted by Crippen LogP contribution is 2.65. The zero-order chi connectivity index (χ0) is 32.4. The quantitative estimate of drug-likeness (QED) is 0.202. The van der Waals surface area contributed by atoms with E-state index in [0.29, 0.717) is 5.57 Å². The predicted molar refractivity (Wildman–Crippen MR) is 162 cm³/mol. The number of ether oxygens (including phenoxy) is 4. The first-order chi connectivity index (χ1) is 20.6. The van der Waals surface area contributed by atoms with E-state index in [0.717, 1.165) is 0 Å². The van der Waals surface area contributed by atoms with E-state index < -0.39 is 82.2 Å². The second-order valence-corrected chi connectivity index (χ2v) is 14.2. The van der Waals surface area contributed by atoms with Gasteiger partial charge in [0.1, 0.15) is 17.8 Å². The monoisotopic (exact) mass is 650 g/mol. The van der Waals surface area contributed by atoms with Gasteiger partial charge in [0.2, 0.25) is 0 Å². The van der Waals surface area contributed by atoms with Crippen LogP contribution in [-0.4, -0.2) is 82.2 Å². The van der Waals surface area contributed by atoms with Gasteiger partial charge in [0.25, 0.3) is 0 Å². The topological polar surface area (TPSA) is 155 Å². The molecule has 240 valence electrons. The summed E-state index contributed by atoms with van der Waals surface area (Å²) in [6.07, 6.45) is -6.11. The molecule has 44 heavy (non-hydrogen) atoms.